The molecule has 1 aromatic rings. The molecule has 0 aromatic heterocycles. The third kappa shape index (κ3) is 2.93. The largest absolute Gasteiger partial charge is 0.495 e. The summed E-state index contributed by atoms with van der Waals surface area (Å²) in [5.41, 5.74) is 5.69. The Hall–Kier alpha value is -0.820. The van der Waals surface area contributed by atoms with Crippen molar-refractivity contribution >= 4 is 21.6 Å². The van der Waals surface area contributed by atoms with Crippen molar-refractivity contribution in [2.45, 2.75) is 30.2 Å². The zero-order chi connectivity index (χ0) is 14.8. The van der Waals surface area contributed by atoms with Crippen molar-refractivity contribution in [1.29, 1.82) is 0 Å². The van der Waals surface area contributed by atoms with Gasteiger partial charge in [0.05, 0.1) is 17.0 Å². The highest BCUT2D eigenvalue weighted by molar-refractivity contribution is 7.89. The summed E-state index contributed by atoms with van der Waals surface area (Å²) in [5, 5.41) is 0.287. The Labute approximate surface area is 124 Å². The summed E-state index contributed by atoms with van der Waals surface area (Å²) >= 11 is 6.01. The van der Waals surface area contributed by atoms with Crippen LogP contribution in [0.15, 0.2) is 23.1 Å². The van der Waals surface area contributed by atoms with Crippen molar-refractivity contribution < 1.29 is 13.2 Å². The average Bonchev–Trinajstić information content (AvgIpc) is 2.47. The monoisotopic (exact) mass is 318 g/mol. The number of piperidine rings is 1. The van der Waals surface area contributed by atoms with Gasteiger partial charge >= 0.3 is 0 Å². The predicted octanol–water partition coefficient (Wildman–Crippen LogP) is 1.85. The fourth-order valence-corrected chi connectivity index (χ4v) is 4.52. The van der Waals surface area contributed by atoms with Gasteiger partial charge in [-0.05, 0) is 31.0 Å². The molecule has 0 amide bonds. The molecular weight excluding hydrogens is 300 g/mol. The summed E-state index contributed by atoms with van der Waals surface area (Å²) in [4.78, 5) is 0.184. The van der Waals surface area contributed by atoms with Crippen LogP contribution in [0.5, 0.6) is 5.75 Å². The van der Waals surface area contributed by atoms with Crippen LogP contribution in [0.4, 0.5) is 0 Å². The van der Waals surface area contributed by atoms with Crippen LogP contribution in [0.1, 0.15) is 19.3 Å². The molecule has 1 unspecified atom stereocenters. The van der Waals surface area contributed by atoms with Crippen molar-refractivity contribution in [1.82, 2.24) is 4.31 Å². The van der Waals surface area contributed by atoms with Crippen LogP contribution < -0.4 is 10.5 Å². The molecule has 1 aliphatic rings. The fourth-order valence-electron chi connectivity index (χ4n) is 2.47. The van der Waals surface area contributed by atoms with Crippen molar-refractivity contribution in [3.63, 3.8) is 0 Å². The van der Waals surface area contributed by atoms with Gasteiger partial charge in [0.1, 0.15) is 5.75 Å². The van der Waals surface area contributed by atoms with Crippen LogP contribution >= 0.6 is 11.6 Å². The van der Waals surface area contributed by atoms with Gasteiger partial charge in [0.15, 0.2) is 0 Å². The lowest BCUT2D eigenvalue weighted by molar-refractivity contribution is 0.257. The first kappa shape index (κ1) is 15.6. The Kier molecular flexibility index (Phi) is 4.90. The molecule has 0 spiro atoms. The van der Waals surface area contributed by atoms with E-state index < -0.39 is 10.0 Å². The fraction of sp³-hybridized carbons (Fsp3) is 0.538. The summed E-state index contributed by atoms with van der Waals surface area (Å²) in [5.74, 6) is 0.458. The van der Waals surface area contributed by atoms with Gasteiger partial charge in [-0.1, -0.05) is 18.0 Å². The average molecular weight is 319 g/mol. The highest BCUT2D eigenvalue weighted by atomic mass is 35.5. The molecule has 1 aromatic carbocycles. The lowest BCUT2D eigenvalue weighted by Crippen LogP contribution is -2.47. The minimum absolute atomic E-state index is 0.130. The molecule has 1 saturated heterocycles. The van der Waals surface area contributed by atoms with E-state index in [1.54, 1.807) is 6.07 Å². The second-order valence-corrected chi connectivity index (χ2v) is 7.10. The first-order valence-electron chi connectivity index (χ1n) is 6.56. The van der Waals surface area contributed by atoms with Gasteiger partial charge in [0, 0.05) is 19.1 Å². The normalized spacial score (nSPS) is 20.9. The van der Waals surface area contributed by atoms with Gasteiger partial charge < -0.3 is 10.5 Å². The molecule has 1 heterocycles. The standard InChI is InChI=1S/C13H19ClN2O3S/c1-19-13-6-5-11(8-12(13)14)20(17,18)16-7-3-2-4-10(16)9-15/h5-6,8,10H,2-4,7,9,15H2,1H3. The number of rotatable bonds is 4. The third-order valence-corrected chi connectivity index (χ3v) is 5.82. The molecule has 20 heavy (non-hydrogen) atoms. The van der Waals surface area contributed by atoms with Crippen LogP contribution in [0.2, 0.25) is 5.02 Å². The summed E-state index contributed by atoms with van der Waals surface area (Å²) < 4.78 is 31.9. The molecule has 112 valence electrons. The molecule has 0 radical (unpaired) electrons. The molecule has 5 nitrogen and oxygen atoms in total. The van der Waals surface area contributed by atoms with Gasteiger partial charge in [0.2, 0.25) is 10.0 Å². The van der Waals surface area contributed by atoms with Crippen molar-refractivity contribution in [2.24, 2.45) is 5.73 Å². The zero-order valence-electron chi connectivity index (χ0n) is 11.4. The highest BCUT2D eigenvalue weighted by Gasteiger charge is 2.32. The van der Waals surface area contributed by atoms with E-state index in [0.29, 0.717) is 18.8 Å². The molecule has 1 atom stereocenters. The molecule has 0 aliphatic carbocycles. The van der Waals surface area contributed by atoms with Crippen LogP contribution in [-0.2, 0) is 10.0 Å². The third-order valence-electron chi connectivity index (χ3n) is 3.58. The summed E-state index contributed by atoms with van der Waals surface area (Å²) in [6, 6.07) is 4.38. The summed E-state index contributed by atoms with van der Waals surface area (Å²) in [6.07, 6.45) is 2.68. The van der Waals surface area contributed by atoms with Crippen LogP contribution in [0.25, 0.3) is 0 Å². The van der Waals surface area contributed by atoms with Crippen molar-refractivity contribution in [3.05, 3.63) is 23.2 Å². The molecule has 1 aliphatic heterocycles. The Balaban J connectivity index is 2.36. The number of ether oxygens (including phenoxy) is 1. The summed E-state index contributed by atoms with van der Waals surface area (Å²) in [6.45, 7) is 0.844. The van der Waals surface area contributed by atoms with Gasteiger partial charge in [0.25, 0.3) is 0 Å². The lowest BCUT2D eigenvalue weighted by Gasteiger charge is -2.33. The molecular formula is C13H19ClN2O3S. The molecule has 2 rings (SSSR count). The number of sulfonamides is 1. The first-order valence-corrected chi connectivity index (χ1v) is 8.38. The molecule has 2 N–H and O–H groups in total. The van der Waals surface area contributed by atoms with Crippen LogP contribution in [-0.4, -0.2) is 39.0 Å². The van der Waals surface area contributed by atoms with E-state index in [-0.39, 0.29) is 16.0 Å². The Morgan fingerprint density at radius 1 is 1.45 bits per heavy atom. The molecule has 0 saturated carbocycles. The van der Waals surface area contributed by atoms with E-state index in [9.17, 15) is 8.42 Å². The number of halogens is 1. The van der Waals surface area contributed by atoms with Gasteiger partial charge in [-0.2, -0.15) is 4.31 Å². The number of benzene rings is 1. The number of hydrogen-bond acceptors (Lipinski definition) is 4. The van der Waals surface area contributed by atoms with Crippen LogP contribution in [0, 0.1) is 0 Å². The van der Waals surface area contributed by atoms with E-state index in [1.165, 1.54) is 23.5 Å². The molecule has 1 fully saturated rings. The van der Waals surface area contributed by atoms with Crippen molar-refractivity contribution in [2.75, 3.05) is 20.2 Å². The first-order chi connectivity index (χ1) is 9.50. The van der Waals surface area contributed by atoms with E-state index in [4.69, 9.17) is 22.1 Å². The maximum absolute atomic E-state index is 12.7. The van der Waals surface area contributed by atoms with E-state index in [1.807, 2.05) is 0 Å². The Morgan fingerprint density at radius 2 is 2.20 bits per heavy atom. The van der Waals surface area contributed by atoms with Gasteiger partial charge in [-0.15, -0.1) is 0 Å². The smallest absolute Gasteiger partial charge is 0.243 e. The van der Waals surface area contributed by atoms with Crippen LogP contribution in [0.3, 0.4) is 0 Å². The second-order valence-electron chi connectivity index (χ2n) is 4.80. The minimum Gasteiger partial charge on any atom is -0.495 e. The maximum atomic E-state index is 12.7. The SMILES string of the molecule is COc1ccc(S(=O)(=O)N2CCCCC2CN)cc1Cl. The van der Waals surface area contributed by atoms with E-state index >= 15 is 0 Å². The minimum atomic E-state index is -3.56. The maximum Gasteiger partial charge on any atom is 0.243 e. The lowest BCUT2D eigenvalue weighted by atomic mass is 10.1. The van der Waals surface area contributed by atoms with Crippen molar-refractivity contribution in [3.8, 4) is 5.75 Å². The Bertz CT molecular complexity index is 577. The number of hydrogen-bond donors (Lipinski definition) is 1. The molecule has 0 bridgehead atoms. The number of methoxy groups -OCH3 is 1. The highest BCUT2D eigenvalue weighted by Crippen LogP contribution is 2.30. The predicted molar refractivity (Wildman–Crippen MR) is 78.6 cm³/mol. The van der Waals surface area contributed by atoms with Gasteiger partial charge in [-0.3, -0.25) is 0 Å². The summed E-state index contributed by atoms with van der Waals surface area (Å²) in [7, 11) is -2.07. The number of nitrogens with two attached hydrogens (primary N) is 1. The van der Waals surface area contributed by atoms with E-state index in [0.717, 1.165) is 19.3 Å². The van der Waals surface area contributed by atoms with E-state index in [2.05, 4.69) is 0 Å². The quantitative estimate of drug-likeness (QED) is 0.919. The zero-order valence-corrected chi connectivity index (χ0v) is 13.0. The molecule has 7 heteroatoms. The Morgan fingerprint density at radius 3 is 2.80 bits per heavy atom. The number of nitrogens with zero attached hydrogens (tertiary/aromatic N) is 1. The topological polar surface area (TPSA) is 72.6 Å². The van der Waals surface area contributed by atoms with Gasteiger partial charge in [-0.25, -0.2) is 8.42 Å². The second kappa shape index (κ2) is 6.30.